The van der Waals surface area contributed by atoms with E-state index >= 15 is 0 Å². The zero-order chi connectivity index (χ0) is 14.0. The minimum Gasteiger partial charge on any atom is -0.481 e. The molecule has 6 nitrogen and oxygen atoms in total. The van der Waals surface area contributed by atoms with E-state index in [2.05, 4.69) is 5.32 Å². The molecule has 2 amide bonds. The lowest BCUT2D eigenvalue weighted by Gasteiger charge is -2.45. The van der Waals surface area contributed by atoms with Gasteiger partial charge in [-0.25, -0.2) is 0 Å². The minimum atomic E-state index is -0.924. The zero-order valence-corrected chi connectivity index (χ0v) is 11.1. The Balaban J connectivity index is 2.15. The van der Waals surface area contributed by atoms with E-state index in [1.807, 2.05) is 0 Å². The molecule has 0 aromatic carbocycles. The molecule has 0 aromatic heterocycles. The van der Waals surface area contributed by atoms with Gasteiger partial charge >= 0.3 is 5.97 Å². The Hall–Kier alpha value is -1.43. The number of amides is 2. The van der Waals surface area contributed by atoms with E-state index in [9.17, 15) is 14.4 Å². The maximum Gasteiger partial charge on any atom is 0.303 e. The van der Waals surface area contributed by atoms with Gasteiger partial charge in [-0.3, -0.25) is 24.6 Å². The lowest BCUT2D eigenvalue weighted by atomic mass is 9.78. The Kier molecular flexibility index (Phi) is 3.89. The Morgan fingerprint density at radius 2 is 2.00 bits per heavy atom. The third kappa shape index (κ3) is 2.63. The largest absolute Gasteiger partial charge is 0.481 e. The molecule has 19 heavy (non-hydrogen) atoms. The second-order valence-electron chi connectivity index (χ2n) is 5.47. The van der Waals surface area contributed by atoms with Crippen molar-refractivity contribution in [3.8, 4) is 0 Å². The number of aliphatic carboxylic acids is 1. The van der Waals surface area contributed by atoms with Gasteiger partial charge in [-0.2, -0.15) is 0 Å². The molecule has 2 N–H and O–H groups in total. The second kappa shape index (κ2) is 5.28. The van der Waals surface area contributed by atoms with Gasteiger partial charge in [0.25, 0.3) is 0 Å². The van der Waals surface area contributed by atoms with Gasteiger partial charge in [0.1, 0.15) is 0 Å². The summed E-state index contributed by atoms with van der Waals surface area (Å²) in [6, 6.07) is -0.558. The number of likely N-dealkylation sites (N-methyl/N-ethyl adjacent to an activating group) is 1. The van der Waals surface area contributed by atoms with Crippen LogP contribution in [0, 0.1) is 0 Å². The quantitative estimate of drug-likeness (QED) is 0.728. The Bertz CT molecular complexity index is 401. The number of hydrogen-bond acceptors (Lipinski definition) is 4. The lowest BCUT2D eigenvalue weighted by Crippen LogP contribution is -2.70. The predicted molar refractivity (Wildman–Crippen MR) is 67.4 cm³/mol. The van der Waals surface area contributed by atoms with Crippen molar-refractivity contribution in [2.75, 3.05) is 7.05 Å². The molecule has 6 heteroatoms. The second-order valence-corrected chi connectivity index (χ2v) is 5.47. The van der Waals surface area contributed by atoms with Gasteiger partial charge in [0, 0.05) is 13.5 Å². The van der Waals surface area contributed by atoms with E-state index in [0.29, 0.717) is 0 Å². The van der Waals surface area contributed by atoms with E-state index in [0.717, 1.165) is 32.1 Å². The third-order valence-electron chi connectivity index (χ3n) is 4.15. The Morgan fingerprint density at radius 3 is 2.58 bits per heavy atom. The summed E-state index contributed by atoms with van der Waals surface area (Å²) in [6.45, 7) is 0. The van der Waals surface area contributed by atoms with Crippen molar-refractivity contribution in [2.45, 2.75) is 56.5 Å². The zero-order valence-electron chi connectivity index (χ0n) is 11.1. The van der Waals surface area contributed by atoms with Gasteiger partial charge < -0.3 is 5.11 Å². The summed E-state index contributed by atoms with van der Waals surface area (Å²) < 4.78 is 0. The molecule has 1 aliphatic carbocycles. The van der Waals surface area contributed by atoms with E-state index in [1.165, 1.54) is 11.9 Å². The maximum absolute atomic E-state index is 12.3. The standard InChI is InChI=1S/C13H20N2O4/c1-15-11(18)9(5-6-10(16)17)14-13(12(15)19)7-3-2-4-8-13/h9,14H,2-8H2,1H3,(H,16,17)/t9-/m0/s1. The summed E-state index contributed by atoms with van der Waals surface area (Å²) in [6.07, 6.45) is 4.65. The lowest BCUT2D eigenvalue weighted by molar-refractivity contribution is -0.156. The first-order valence-electron chi connectivity index (χ1n) is 6.78. The average molecular weight is 268 g/mol. The van der Waals surface area contributed by atoms with Crippen LogP contribution in [0.4, 0.5) is 0 Å². The van der Waals surface area contributed by atoms with Gasteiger partial charge in [0.05, 0.1) is 11.6 Å². The summed E-state index contributed by atoms with van der Waals surface area (Å²) in [5.41, 5.74) is -0.649. The van der Waals surface area contributed by atoms with Crippen molar-refractivity contribution in [2.24, 2.45) is 0 Å². The SMILES string of the molecule is CN1C(=O)[C@H](CCC(=O)O)NC2(CCCCC2)C1=O. The molecule has 1 saturated carbocycles. The average Bonchev–Trinajstić information content (AvgIpc) is 2.40. The van der Waals surface area contributed by atoms with Crippen LogP contribution in [-0.4, -0.2) is 46.4 Å². The van der Waals surface area contributed by atoms with Crippen molar-refractivity contribution < 1.29 is 19.5 Å². The normalized spacial score (nSPS) is 26.8. The Morgan fingerprint density at radius 1 is 1.37 bits per heavy atom. The topological polar surface area (TPSA) is 86.7 Å². The predicted octanol–water partition coefficient (Wildman–Crippen LogP) is 0.511. The first kappa shape index (κ1) is 14.0. The van der Waals surface area contributed by atoms with Crippen molar-refractivity contribution >= 4 is 17.8 Å². The van der Waals surface area contributed by atoms with Crippen LogP contribution in [0.25, 0.3) is 0 Å². The van der Waals surface area contributed by atoms with Crippen LogP contribution in [0.15, 0.2) is 0 Å². The van der Waals surface area contributed by atoms with Crippen LogP contribution in [0.3, 0.4) is 0 Å². The number of imide groups is 1. The van der Waals surface area contributed by atoms with Crippen molar-refractivity contribution in [1.29, 1.82) is 0 Å². The molecule has 0 radical (unpaired) electrons. The molecule has 2 aliphatic rings. The fourth-order valence-electron chi connectivity index (χ4n) is 3.09. The fraction of sp³-hybridized carbons (Fsp3) is 0.769. The van der Waals surface area contributed by atoms with Gasteiger partial charge in [0.15, 0.2) is 0 Å². The summed E-state index contributed by atoms with van der Waals surface area (Å²) in [5, 5.41) is 11.9. The number of nitrogens with zero attached hydrogens (tertiary/aromatic N) is 1. The summed E-state index contributed by atoms with van der Waals surface area (Å²) in [7, 11) is 1.50. The number of carboxylic acids is 1. The number of rotatable bonds is 3. The summed E-state index contributed by atoms with van der Waals surface area (Å²) in [5.74, 6) is -1.40. The molecule has 1 saturated heterocycles. The highest BCUT2D eigenvalue weighted by atomic mass is 16.4. The molecule has 1 heterocycles. The molecule has 2 rings (SSSR count). The number of nitrogens with one attached hydrogen (secondary N) is 1. The fourth-order valence-corrected chi connectivity index (χ4v) is 3.09. The highest BCUT2D eigenvalue weighted by Gasteiger charge is 2.49. The van der Waals surface area contributed by atoms with Gasteiger partial charge in [-0.1, -0.05) is 19.3 Å². The van der Waals surface area contributed by atoms with Crippen LogP contribution in [0.5, 0.6) is 0 Å². The molecular formula is C13H20N2O4. The van der Waals surface area contributed by atoms with Crippen molar-refractivity contribution in [3.63, 3.8) is 0 Å². The Labute approximate surface area is 112 Å². The molecule has 0 unspecified atom stereocenters. The summed E-state index contributed by atoms with van der Waals surface area (Å²) in [4.78, 5) is 36.2. The summed E-state index contributed by atoms with van der Waals surface area (Å²) >= 11 is 0. The molecule has 0 bridgehead atoms. The highest BCUT2D eigenvalue weighted by Crippen LogP contribution is 2.33. The number of hydrogen-bond donors (Lipinski definition) is 2. The molecule has 2 fully saturated rings. The maximum atomic E-state index is 12.3. The van der Waals surface area contributed by atoms with Gasteiger partial charge in [-0.15, -0.1) is 0 Å². The van der Waals surface area contributed by atoms with Crippen molar-refractivity contribution in [3.05, 3.63) is 0 Å². The van der Waals surface area contributed by atoms with E-state index < -0.39 is 17.6 Å². The first-order valence-corrected chi connectivity index (χ1v) is 6.78. The number of carbonyl (C=O) groups excluding carboxylic acids is 2. The van der Waals surface area contributed by atoms with Crippen LogP contribution in [0.1, 0.15) is 44.9 Å². The van der Waals surface area contributed by atoms with Crippen LogP contribution in [0.2, 0.25) is 0 Å². The van der Waals surface area contributed by atoms with Crippen LogP contribution < -0.4 is 5.32 Å². The first-order chi connectivity index (χ1) is 8.96. The third-order valence-corrected chi connectivity index (χ3v) is 4.15. The number of carboxylic acid groups (broad SMARTS) is 1. The molecular weight excluding hydrogens is 248 g/mol. The van der Waals surface area contributed by atoms with E-state index in [-0.39, 0.29) is 24.7 Å². The molecule has 1 aliphatic heterocycles. The van der Waals surface area contributed by atoms with E-state index in [4.69, 9.17) is 5.11 Å². The van der Waals surface area contributed by atoms with E-state index in [1.54, 1.807) is 0 Å². The molecule has 1 spiro atoms. The number of piperazine rings is 1. The molecule has 0 aromatic rings. The highest BCUT2D eigenvalue weighted by molar-refractivity contribution is 6.04. The van der Waals surface area contributed by atoms with Crippen LogP contribution in [-0.2, 0) is 14.4 Å². The smallest absolute Gasteiger partial charge is 0.303 e. The van der Waals surface area contributed by atoms with Crippen LogP contribution >= 0.6 is 0 Å². The van der Waals surface area contributed by atoms with Gasteiger partial charge in [-0.05, 0) is 19.3 Å². The van der Waals surface area contributed by atoms with Gasteiger partial charge in [0.2, 0.25) is 11.8 Å². The number of carbonyl (C=O) groups is 3. The van der Waals surface area contributed by atoms with Crippen molar-refractivity contribution in [1.82, 2.24) is 10.2 Å². The molecule has 106 valence electrons. The monoisotopic (exact) mass is 268 g/mol. The minimum absolute atomic E-state index is 0.0679. The molecule has 1 atom stereocenters.